The van der Waals surface area contributed by atoms with E-state index in [0.29, 0.717) is 12.1 Å². The molecule has 0 radical (unpaired) electrons. The number of carbonyl (C=O) groups excluding carboxylic acids is 1. The molecule has 2 aromatic carbocycles. The Morgan fingerprint density at radius 2 is 1.76 bits per heavy atom. The number of ether oxygens (including phenoxy) is 1. The van der Waals surface area contributed by atoms with Crippen molar-refractivity contribution in [2.45, 2.75) is 12.8 Å². The lowest BCUT2D eigenvalue weighted by molar-refractivity contribution is 0.0951. The van der Waals surface area contributed by atoms with Crippen LogP contribution in [0.15, 0.2) is 54.6 Å². The van der Waals surface area contributed by atoms with Crippen molar-refractivity contribution in [3.8, 4) is 11.1 Å². The van der Waals surface area contributed by atoms with Gasteiger partial charge in [0.05, 0.1) is 0 Å². The fourth-order valence-corrected chi connectivity index (χ4v) is 2.15. The predicted octanol–water partition coefficient (Wildman–Crippen LogP) is 3.51. The Bertz CT molecular complexity index is 566. The quantitative estimate of drug-likeness (QED) is 0.790. The molecule has 0 aliphatic rings. The molecule has 1 N–H and O–H groups in total. The molecule has 1 amide bonds. The molecular formula is C18H21NO2. The van der Waals surface area contributed by atoms with Gasteiger partial charge in [-0.25, -0.2) is 0 Å². The summed E-state index contributed by atoms with van der Waals surface area (Å²) in [5.74, 6) is -0.0230. The van der Waals surface area contributed by atoms with Crippen molar-refractivity contribution in [1.82, 2.24) is 5.32 Å². The van der Waals surface area contributed by atoms with Gasteiger partial charge < -0.3 is 10.1 Å². The van der Waals surface area contributed by atoms with Crippen LogP contribution in [-0.2, 0) is 4.74 Å². The molecule has 21 heavy (non-hydrogen) atoms. The zero-order valence-electron chi connectivity index (χ0n) is 12.3. The zero-order chi connectivity index (χ0) is 14.9. The standard InChI is InChI=1S/C18H21NO2/c1-21-13-6-5-12-19-18(20)17-11-7-10-16(14-17)15-8-3-2-4-9-15/h2-4,7-11,14H,5-6,12-13H2,1H3,(H,19,20). The van der Waals surface area contributed by atoms with E-state index in [4.69, 9.17) is 4.74 Å². The molecule has 0 atom stereocenters. The van der Waals surface area contributed by atoms with Crippen LogP contribution in [0.4, 0.5) is 0 Å². The Labute approximate surface area is 126 Å². The van der Waals surface area contributed by atoms with Gasteiger partial charge in [0, 0.05) is 25.8 Å². The first kappa shape index (κ1) is 15.3. The number of methoxy groups -OCH3 is 1. The van der Waals surface area contributed by atoms with Crippen molar-refractivity contribution in [2.24, 2.45) is 0 Å². The minimum absolute atomic E-state index is 0.0230. The summed E-state index contributed by atoms with van der Waals surface area (Å²) in [7, 11) is 1.69. The van der Waals surface area contributed by atoms with Crippen molar-refractivity contribution in [2.75, 3.05) is 20.3 Å². The predicted molar refractivity (Wildman–Crippen MR) is 85.3 cm³/mol. The van der Waals surface area contributed by atoms with E-state index in [0.717, 1.165) is 30.6 Å². The Kier molecular flexibility index (Phi) is 5.98. The van der Waals surface area contributed by atoms with Gasteiger partial charge in [-0.3, -0.25) is 4.79 Å². The molecule has 0 aliphatic heterocycles. The van der Waals surface area contributed by atoms with E-state index in [-0.39, 0.29) is 5.91 Å². The normalized spacial score (nSPS) is 10.3. The van der Waals surface area contributed by atoms with Crippen LogP contribution in [0.25, 0.3) is 11.1 Å². The van der Waals surface area contributed by atoms with Crippen molar-refractivity contribution >= 4 is 5.91 Å². The minimum atomic E-state index is -0.0230. The molecule has 0 fully saturated rings. The second-order valence-corrected chi connectivity index (χ2v) is 4.90. The Hall–Kier alpha value is -2.13. The van der Waals surface area contributed by atoms with Crippen molar-refractivity contribution < 1.29 is 9.53 Å². The zero-order valence-corrected chi connectivity index (χ0v) is 12.3. The van der Waals surface area contributed by atoms with Crippen LogP contribution in [0.2, 0.25) is 0 Å². The maximum atomic E-state index is 12.1. The summed E-state index contributed by atoms with van der Waals surface area (Å²) in [6.07, 6.45) is 1.89. The lowest BCUT2D eigenvalue weighted by Crippen LogP contribution is -2.24. The lowest BCUT2D eigenvalue weighted by atomic mass is 10.0. The lowest BCUT2D eigenvalue weighted by Gasteiger charge is -2.07. The maximum Gasteiger partial charge on any atom is 0.251 e. The van der Waals surface area contributed by atoms with Crippen LogP contribution in [0.5, 0.6) is 0 Å². The summed E-state index contributed by atoms with van der Waals surface area (Å²) in [5.41, 5.74) is 2.87. The minimum Gasteiger partial charge on any atom is -0.385 e. The Morgan fingerprint density at radius 1 is 1.00 bits per heavy atom. The van der Waals surface area contributed by atoms with E-state index in [9.17, 15) is 4.79 Å². The molecule has 0 saturated carbocycles. The fraction of sp³-hybridized carbons (Fsp3) is 0.278. The van der Waals surface area contributed by atoms with E-state index >= 15 is 0 Å². The SMILES string of the molecule is COCCCCNC(=O)c1cccc(-c2ccccc2)c1. The average molecular weight is 283 g/mol. The second kappa shape index (κ2) is 8.22. The number of rotatable bonds is 7. The van der Waals surface area contributed by atoms with E-state index in [1.54, 1.807) is 7.11 Å². The molecule has 0 aromatic heterocycles. The molecule has 2 rings (SSSR count). The monoisotopic (exact) mass is 283 g/mol. The third-order valence-electron chi connectivity index (χ3n) is 3.29. The fourth-order valence-electron chi connectivity index (χ4n) is 2.15. The summed E-state index contributed by atoms with van der Waals surface area (Å²) in [6.45, 7) is 1.41. The first-order valence-corrected chi connectivity index (χ1v) is 7.24. The molecule has 110 valence electrons. The summed E-state index contributed by atoms with van der Waals surface area (Å²) < 4.78 is 4.99. The van der Waals surface area contributed by atoms with Gasteiger partial charge in [-0.1, -0.05) is 42.5 Å². The van der Waals surface area contributed by atoms with Crippen LogP contribution in [0.1, 0.15) is 23.2 Å². The summed E-state index contributed by atoms with van der Waals surface area (Å²) >= 11 is 0. The smallest absolute Gasteiger partial charge is 0.251 e. The highest BCUT2D eigenvalue weighted by Gasteiger charge is 2.06. The maximum absolute atomic E-state index is 12.1. The van der Waals surface area contributed by atoms with Gasteiger partial charge in [0.1, 0.15) is 0 Å². The number of hydrogen-bond donors (Lipinski definition) is 1. The average Bonchev–Trinajstić information content (AvgIpc) is 2.55. The van der Waals surface area contributed by atoms with E-state index in [1.165, 1.54) is 0 Å². The van der Waals surface area contributed by atoms with Gasteiger partial charge in [0.2, 0.25) is 0 Å². The molecular weight excluding hydrogens is 262 g/mol. The van der Waals surface area contributed by atoms with Crippen LogP contribution >= 0.6 is 0 Å². The summed E-state index contributed by atoms with van der Waals surface area (Å²) in [5, 5.41) is 2.94. The summed E-state index contributed by atoms with van der Waals surface area (Å²) in [4.78, 5) is 12.1. The third-order valence-corrected chi connectivity index (χ3v) is 3.29. The van der Waals surface area contributed by atoms with Gasteiger partial charge in [-0.2, -0.15) is 0 Å². The number of hydrogen-bond acceptors (Lipinski definition) is 2. The highest BCUT2D eigenvalue weighted by Crippen LogP contribution is 2.19. The molecule has 2 aromatic rings. The molecule has 0 heterocycles. The van der Waals surface area contributed by atoms with Crippen molar-refractivity contribution in [1.29, 1.82) is 0 Å². The molecule has 0 unspecified atom stereocenters. The number of amides is 1. The van der Waals surface area contributed by atoms with Gasteiger partial charge in [-0.15, -0.1) is 0 Å². The highest BCUT2D eigenvalue weighted by molar-refractivity contribution is 5.95. The number of nitrogens with one attached hydrogen (secondary N) is 1. The van der Waals surface area contributed by atoms with Crippen molar-refractivity contribution in [3.63, 3.8) is 0 Å². The first-order valence-electron chi connectivity index (χ1n) is 7.24. The Balaban J connectivity index is 1.96. The van der Waals surface area contributed by atoms with Gasteiger partial charge >= 0.3 is 0 Å². The number of benzene rings is 2. The second-order valence-electron chi connectivity index (χ2n) is 4.90. The largest absolute Gasteiger partial charge is 0.385 e. The van der Waals surface area contributed by atoms with Gasteiger partial charge in [0.15, 0.2) is 0 Å². The van der Waals surface area contributed by atoms with Crippen LogP contribution in [-0.4, -0.2) is 26.2 Å². The van der Waals surface area contributed by atoms with Crippen LogP contribution in [0, 0.1) is 0 Å². The van der Waals surface area contributed by atoms with E-state index in [2.05, 4.69) is 5.32 Å². The van der Waals surface area contributed by atoms with Gasteiger partial charge in [-0.05, 0) is 36.1 Å². The van der Waals surface area contributed by atoms with Crippen LogP contribution in [0.3, 0.4) is 0 Å². The first-order chi connectivity index (χ1) is 10.3. The Morgan fingerprint density at radius 3 is 2.52 bits per heavy atom. The molecule has 3 heteroatoms. The molecule has 3 nitrogen and oxygen atoms in total. The van der Waals surface area contributed by atoms with Crippen LogP contribution < -0.4 is 5.32 Å². The molecule has 0 bridgehead atoms. The number of carbonyl (C=O) groups is 1. The molecule has 0 aliphatic carbocycles. The molecule has 0 saturated heterocycles. The van der Waals surface area contributed by atoms with E-state index < -0.39 is 0 Å². The topological polar surface area (TPSA) is 38.3 Å². The third kappa shape index (κ3) is 4.72. The summed E-state index contributed by atoms with van der Waals surface area (Å²) in [6, 6.07) is 17.8. The highest BCUT2D eigenvalue weighted by atomic mass is 16.5. The molecule has 0 spiro atoms. The van der Waals surface area contributed by atoms with Gasteiger partial charge in [0.25, 0.3) is 5.91 Å². The van der Waals surface area contributed by atoms with E-state index in [1.807, 2.05) is 54.6 Å². The van der Waals surface area contributed by atoms with Crippen molar-refractivity contribution in [3.05, 3.63) is 60.2 Å². The number of unbranched alkanes of at least 4 members (excludes halogenated alkanes) is 1.